The van der Waals surface area contributed by atoms with E-state index in [0.29, 0.717) is 12.8 Å². The Morgan fingerprint density at radius 1 is 1.31 bits per heavy atom. The minimum Gasteiger partial charge on any atom is -0.393 e. The second-order valence-corrected chi connectivity index (χ2v) is 9.19. The van der Waals surface area contributed by atoms with Crippen molar-refractivity contribution >= 4 is 11.6 Å². The molecule has 0 bridgehead atoms. The van der Waals surface area contributed by atoms with Crippen LogP contribution in [-0.4, -0.2) is 45.2 Å². The van der Waals surface area contributed by atoms with Gasteiger partial charge < -0.3 is 15.3 Å². The van der Waals surface area contributed by atoms with E-state index in [-0.39, 0.29) is 29.0 Å². The fraction of sp³-hybridized carbons (Fsp3) is 0.714. The third-order valence-corrected chi connectivity index (χ3v) is 8.25. The summed E-state index contributed by atoms with van der Waals surface area (Å²) in [5.74, 6) is -0.227. The summed E-state index contributed by atoms with van der Waals surface area (Å²) in [6, 6.07) is 0. The summed E-state index contributed by atoms with van der Waals surface area (Å²) < 4.78 is 0. The maximum absolute atomic E-state index is 12.4. The molecule has 4 aliphatic rings. The summed E-state index contributed by atoms with van der Waals surface area (Å²) in [5.41, 5.74) is -1.54. The van der Waals surface area contributed by atoms with Crippen molar-refractivity contribution < 1.29 is 24.9 Å². The number of aliphatic hydroxyl groups excluding tert-OH is 2. The van der Waals surface area contributed by atoms with Gasteiger partial charge in [-0.3, -0.25) is 9.59 Å². The van der Waals surface area contributed by atoms with E-state index in [1.165, 1.54) is 0 Å². The molecule has 0 amide bonds. The molecule has 0 aromatic carbocycles. The van der Waals surface area contributed by atoms with Gasteiger partial charge in [-0.15, -0.1) is 0 Å². The zero-order valence-corrected chi connectivity index (χ0v) is 15.4. The van der Waals surface area contributed by atoms with E-state index in [9.17, 15) is 24.9 Å². The lowest BCUT2D eigenvalue weighted by Crippen LogP contribution is -2.61. The van der Waals surface area contributed by atoms with Crippen LogP contribution in [0.25, 0.3) is 0 Å². The average Bonchev–Trinajstić information content (AvgIpc) is 2.86. The van der Waals surface area contributed by atoms with E-state index < -0.39 is 29.5 Å². The molecule has 0 aliphatic heterocycles. The van der Waals surface area contributed by atoms with Crippen LogP contribution in [0.2, 0.25) is 0 Å². The number of hydrogen-bond donors (Lipinski definition) is 3. The fourth-order valence-electron chi connectivity index (χ4n) is 6.92. The van der Waals surface area contributed by atoms with E-state index >= 15 is 0 Å². The Labute approximate surface area is 153 Å². The molecule has 0 heterocycles. The first kappa shape index (κ1) is 18.1. The van der Waals surface area contributed by atoms with Gasteiger partial charge in [-0.1, -0.05) is 25.5 Å². The minimum absolute atomic E-state index is 0.00912. The number of Topliss-reactive ketones (excluding diaryl/α,β-unsaturated/α-hetero) is 1. The average molecular weight is 360 g/mol. The first-order chi connectivity index (χ1) is 12.2. The minimum atomic E-state index is -1.56. The highest BCUT2D eigenvalue weighted by molar-refractivity contribution is 6.01. The number of hydrogen-bond acceptors (Lipinski definition) is 5. The van der Waals surface area contributed by atoms with E-state index in [4.69, 9.17) is 0 Å². The quantitative estimate of drug-likeness (QED) is 0.695. The largest absolute Gasteiger partial charge is 0.393 e. The molecule has 3 N–H and O–H groups in total. The Bertz CT molecular complexity index is 724. The van der Waals surface area contributed by atoms with E-state index in [2.05, 4.69) is 6.92 Å². The van der Waals surface area contributed by atoms with Gasteiger partial charge in [0.2, 0.25) is 0 Å². The van der Waals surface area contributed by atoms with Gasteiger partial charge in [0.25, 0.3) is 0 Å². The maximum Gasteiger partial charge on any atom is 0.190 e. The number of aliphatic hydroxyl groups is 3. The van der Waals surface area contributed by atoms with Crippen molar-refractivity contribution in [2.24, 2.45) is 28.6 Å². The highest BCUT2D eigenvalue weighted by atomic mass is 16.3. The normalized spacial score (nSPS) is 49.9. The topological polar surface area (TPSA) is 94.8 Å². The maximum atomic E-state index is 12.4. The third-order valence-electron chi connectivity index (χ3n) is 8.25. The van der Waals surface area contributed by atoms with Gasteiger partial charge in [0.15, 0.2) is 11.6 Å². The number of ketones is 2. The predicted molar refractivity (Wildman–Crippen MR) is 95.0 cm³/mol. The van der Waals surface area contributed by atoms with Crippen LogP contribution in [-0.2, 0) is 9.59 Å². The zero-order valence-electron chi connectivity index (χ0n) is 15.4. The lowest BCUT2D eigenvalue weighted by Gasteiger charge is -2.59. The van der Waals surface area contributed by atoms with Crippen LogP contribution < -0.4 is 0 Å². The molecule has 1 unspecified atom stereocenters. The molecule has 3 fully saturated rings. The van der Waals surface area contributed by atoms with Gasteiger partial charge >= 0.3 is 0 Å². The summed E-state index contributed by atoms with van der Waals surface area (Å²) in [6.07, 6.45) is 7.68. The van der Waals surface area contributed by atoms with Gasteiger partial charge in [-0.2, -0.15) is 0 Å². The van der Waals surface area contributed by atoms with Crippen LogP contribution >= 0.6 is 0 Å². The first-order valence-electron chi connectivity index (χ1n) is 9.66. The molecule has 26 heavy (non-hydrogen) atoms. The monoisotopic (exact) mass is 360 g/mol. The first-order valence-corrected chi connectivity index (χ1v) is 9.66. The van der Waals surface area contributed by atoms with Crippen molar-refractivity contribution in [1.82, 2.24) is 0 Å². The van der Waals surface area contributed by atoms with E-state index in [1.807, 2.05) is 13.0 Å². The van der Waals surface area contributed by atoms with Crippen LogP contribution in [0.15, 0.2) is 23.8 Å². The van der Waals surface area contributed by atoms with Crippen LogP contribution in [0.5, 0.6) is 0 Å². The van der Waals surface area contributed by atoms with Gasteiger partial charge in [-0.25, -0.2) is 0 Å². The van der Waals surface area contributed by atoms with Crippen LogP contribution in [0, 0.1) is 28.6 Å². The number of carbonyl (C=O) groups is 2. The Morgan fingerprint density at radius 2 is 2.04 bits per heavy atom. The van der Waals surface area contributed by atoms with E-state index in [1.54, 1.807) is 12.2 Å². The number of rotatable bonds is 2. The number of allylic oxidation sites excluding steroid dienone is 4. The molecule has 3 saturated carbocycles. The molecule has 0 saturated heterocycles. The van der Waals surface area contributed by atoms with Crippen LogP contribution in [0.4, 0.5) is 0 Å². The predicted octanol–water partition coefficient (Wildman–Crippen LogP) is 1.56. The standard InChI is InChI=1S/C21H28O5/c1-19-7-5-13(23)9-12(19)3-4-14-15-6-8-21(26,17(25)11-22)20(15,2)10-16(24)18(14)19/h5,7,9,14-16,18,22,24,26H,3-4,6,8,10-11H2,1-2H3/t14-,15-,16?,18-,19-,20-,21+/m0/s1. The molecule has 0 aromatic heterocycles. The van der Waals surface area contributed by atoms with Crippen molar-refractivity contribution in [2.45, 2.75) is 57.7 Å². The summed E-state index contributed by atoms with van der Waals surface area (Å²) in [6.45, 7) is 3.34. The summed E-state index contributed by atoms with van der Waals surface area (Å²) in [5, 5.41) is 31.7. The Hall–Kier alpha value is -1.30. The summed E-state index contributed by atoms with van der Waals surface area (Å²) in [4.78, 5) is 24.2. The highest BCUT2D eigenvalue weighted by Crippen LogP contribution is 2.67. The van der Waals surface area contributed by atoms with Crippen LogP contribution in [0.3, 0.4) is 0 Å². The lowest BCUT2D eigenvalue weighted by atomic mass is 9.46. The Kier molecular flexibility index (Phi) is 3.89. The second-order valence-electron chi connectivity index (χ2n) is 9.19. The van der Waals surface area contributed by atoms with Gasteiger partial charge in [0.1, 0.15) is 12.2 Å². The SMILES string of the molecule is C[C@]12C=CC(=O)C=C1CC[C@@H]1[C@H]2C(O)C[C@@]2(C)[C@H]1CC[C@@]2(O)C(=O)CO. The van der Waals surface area contributed by atoms with Gasteiger partial charge in [-0.05, 0) is 56.1 Å². The summed E-state index contributed by atoms with van der Waals surface area (Å²) >= 11 is 0. The molecular weight excluding hydrogens is 332 g/mol. The molecule has 142 valence electrons. The van der Waals surface area contributed by atoms with Crippen molar-refractivity contribution in [3.05, 3.63) is 23.8 Å². The van der Waals surface area contributed by atoms with E-state index in [0.717, 1.165) is 24.8 Å². The van der Waals surface area contributed by atoms with Gasteiger partial charge in [0, 0.05) is 16.7 Å². The third kappa shape index (κ3) is 2.08. The van der Waals surface area contributed by atoms with Crippen molar-refractivity contribution in [3.8, 4) is 0 Å². The molecule has 0 spiro atoms. The molecule has 5 heteroatoms. The smallest absolute Gasteiger partial charge is 0.190 e. The molecule has 0 aromatic rings. The molecule has 4 rings (SSSR count). The lowest BCUT2D eigenvalue weighted by molar-refractivity contribution is -0.178. The summed E-state index contributed by atoms with van der Waals surface area (Å²) in [7, 11) is 0. The Balaban J connectivity index is 1.75. The van der Waals surface area contributed by atoms with Crippen LogP contribution in [0.1, 0.15) is 46.0 Å². The number of carbonyl (C=O) groups excluding carboxylic acids is 2. The van der Waals surface area contributed by atoms with Crippen molar-refractivity contribution in [3.63, 3.8) is 0 Å². The molecule has 5 nitrogen and oxygen atoms in total. The fourth-order valence-corrected chi connectivity index (χ4v) is 6.92. The molecular formula is C21H28O5. The molecule has 0 radical (unpaired) electrons. The molecule has 7 atom stereocenters. The van der Waals surface area contributed by atoms with Gasteiger partial charge in [0.05, 0.1) is 6.10 Å². The highest BCUT2D eigenvalue weighted by Gasteiger charge is 2.67. The zero-order chi connectivity index (χ0) is 18.9. The number of fused-ring (bicyclic) bond motifs is 5. The second kappa shape index (κ2) is 5.60. The van der Waals surface area contributed by atoms with Crippen molar-refractivity contribution in [2.75, 3.05) is 6.61 Å². The Morgan fingerprint density at radius 3 is 2.73 bits per heavy atom. The van der Waals surface area contributed by atoms with Crippen molar-refractivity contribution in [1.29, 1.82) is 0 Å². The molecule has 4 aliphatic carbocycles.